The van der Waals surface area contributed by atoms with E-state index in [0.717, 1.165) is 12.0 Å². The number of aliphatic hydroxyl groups is 13. The van der Waals surface area contributed by atoms with Gasteiger partial charge in [0.25, 0.3) is 0 Å². The van der Waals surface area contributed by atoms with Gasteiger partial charge in [-0.2, -0.15) is 0 Å². The van der Waals surface area contributed by atoms with E-state index in [1.54, 1.807) is 0 Å². The Morgan fingerprint density at radius 3 is 1.88 bits per heavy atom. The molecule has 9 aliphatic rings. The molecule has 78 heavy (non-hydrogen) atoms. The van der Waals surface area contributed by atoms with Gasteiger partial charge in [-0.15, -0.1) is 0 Å². The molecule has 24 heteroatoms. The minimum Gasteiger partial charge on any atom is -0.479 e. The average Bonchev–Trinajstić information content (AvgIpc) is 3.48. The van der Waals surface area contributed by atoms with Crippen LogP contribution >= 0.6 is 0 Å². The van der Waals surface area contributed by atoms with Gasteiger partial charge in [-0.25, -0.2) is 4.79 Å². The van der Waals surface area contributed by atoms with Gasteiger partial charge in [0.1, 0.15) is 85.5 Å². The van der Waals surface area contributed by atoms with Gasteiger partial charge in [0.05, 0.1) is 37.4 Å². The fourth-order valence-corrected chi connectivity index (χ4v) is 16.3. The molecule has 0 spiro atoms. The first-order chi connectivity index (χ1) is 36.4. The van der Waals surface area contributed by atoms with Crippen molar-refractivity contribution in [2.24, 2.45) is 50.2 Å². The molecule has 446 valence electrons. The highest BCUT2D eigenvalue weighted by Crippen LogP contribution is 2.76. The number of carboxylic acids is 1. The molecule has 29 atom stereocenters. The number of rotatable bonds is 12. The van der Waals surface area contributed by atoms with Crippen LogP contribution in [0.1, 0.15) is 113 Å². The second-order valence-corrected chi connectivity index (χ2v) is 26.2. The van der Waals surface area contributed by atoms with E-state index in [-0.39, 0.29) is 35.2 Å². The smallest absolute Gasteiger partial charge is 0.335 e. The predicted octanol–water partition coefficient (Wildman–Crippen LogP) is -1.94. The summed E-state index contributed by atoms with van der Waals surface area (Å²) in [6.45, 7) is 13.0. The summed E-state index contributed by atoms with van der Waals surface area (Å²) in [5.41, 5.74) is -2.24. The number of aliphatic carboxylic acids is 1. The maximum absolute atomic E-state index is 15.1. The van der Waals surface area contributed by atoms with E-state index in [1.807, 2.05) is 6.92 Å². The van der Waals surface area contributed by atoms with Crippen molar-refractivity contribution in [2.45, 2.75) is 242 Å². The van der Waals surface area contributed by atoms with Gasteiger partial charge in [-0.1, -0.05) is 53.2 Å². The molecule has 0 aromatic carbocycles. The van der Waals surface area contributed by atoms with Gasteiger partial charge in [0.15, 0.2) is 25.0 Å². The molecule has 8 fully saturated rings. The molecule has 4 heterocycles. The zero-order chi connectivity index (χ0) is 57.1. The molecule has 4 saturated carbocycles. The third kappa shape index (κ3) is 9.72. The number of hydrogen-bond acceptors (Lipinski definition) is 23. The quantitative estimate of drug-likeness (QED) is 0.0574. The van der Waals surface area contributed by atoms with E-state index in [9.17, 15) is 76.3 Å². The van der Waals surface area contributed by atoms with Gasteiger partial charge in [0, 0.05) is 5.41 Å². The standard InChI is InChI=1S/C54H86O24/c1-22-30(57)33(60)39(66)45(72-22)77-42-37(64)36(63)41(43(68)69)76-47(42)75-29-11-12-50(4)27(51(29,5)21-56)10-13-53(7)28(50)9-8-23-24-18-49(2,3)14-16-54(24,17-15-52(23,53)6)48(70)78-46-40(67)35(62)32(59)26(74-46)20-71-44-38(65)34(61)31(58)25(19-55)73-44/h8,22,24-42,44-47,55-67H,9-21H2,1-7H3,(H,68,69)/t22-,24-,25+,26+,27+,28+,29-,30-,31+,32+,33+,34-,35-,36-,37-,38+,39+,40+,41-,42+,44+,45-,46-,47+,50-,51-,52+,53+,54-/m0/s1. The Morgan fingerprint density at radius 2 is 1.23 bits per heavy atom. The Balaban J connectivity index is 0.946. The molecular formula is C54H86O24. The zero-order valence-corrected chi connectivity index (χ0v) is 45.5. The van der Waals surface area contributed by atoms with Crippen molar-refractivity contribution in [3.8, 4) is 0 Å². The predicted molar refractivity (Wildman–Crippen MR) is 263 cm³/mol. The highest BCUT2D eigenvalue weighted by atomic mass is 16.8. The number of carbonyl (C=O) groups excluding carboxylic acids is 1. The maximum atomic E-state index is 15.1. The third-order valence-corrected chi connectivity index (χ3v) is 21.5. The number of esters is 1. The molecule has 5 aliphatic carbocycles. The van der Waals surface area contributed by atoms with Gasteiger partial charge in [-0.3, -0.25) is 4.79 Å². The fourth-order valence-electron chi connectivity index (χ4n) is 16.3. The number of ether oxygens (including phenoxy) is 8. The lowest BCUT2D eigenvalue weighted by atomic mass is 9.33. The number of aliphatic hydroxyl groups excluding tert-OH is 13. The van der Waals surface area contributed by atoms with Crippen LogP contribution in [0.4, 0.5) is 0 Å². The first-order valence-corrected chi connectivity index (χ1v) is 27.8. The van der Waals surface area contributed by atoms with Crippen LogP contribution in [0.2, 0.25) is 0 Å². The van der Waals surface area contributed by atoms with Gasteiger partial charge in [0.2, 0.25) is 6.29 Å². The number of carboxylic acid groups (broad SMARTS) is 1. The molecule has 0 aromatic rings. The van der Waals surface area contributed by atoms with Gasteiger partial charge >= 0.3 is 11.9 Å². The summed E-state index contributed by atoms with van der Waals surface area (Å²) in [6, 6.07) is 0. The summed E-state index contributed by atoms with van der Waals surface area (Å²) in [6.07, 6.45) is -26.3. The molecule has 0 aromatic heterocycles. The third-order valence-electron chi connectivity index (χ3n) is 21.5. The number of fused-ring (bicyclic) bond motifs is 7. The highest BCUT2D eigenvalue weighted by molar-refractivity contribution is 5.79. The summed E-state index contributed by atoms with van der Waals surface area (Å²) in [5.74, 6) is -2.61. The second-order valence-electron chi connectivity index (χ2n) is 26.2. The normalized spacial score (nSPS) is 54.1. The van der Waals surface area contributed by atoms with Gasteiger partial charge in [-0.05, 0) is 111 Å². The van der Waals surface area contributed by atoms with E-state index < -0.39 is 176 Å². The van der Waals surface area contributed by atoms with Crippen molar-refractivity contribution >= 4 is 11.9 Å². The van der Waals surface area contributed by atoms with E-state index in [4.69, 9.17) is 37.9 Å². The van der Waals surface area contributed by atoms with Crippen molar-refractivity contribution in [1.29, 1.82) is 0 Å². The Bertz CT molecular complexity index is 2200. The van der Waals surface area contributed by atoms with Crippen molar-refractivity contribution in [1.82, 2.24) is 0 Å². The topological polar surface area (TPSA) is 391 Å². The molecule has 24 nitrogen and oxygen atoms in total. The van der Waals surface area contributed by atoms with Crippen LogP contribution in [0.15, 0.2) is 11.6 Å². The minimum atomic E-state index is -2.00. The monoisotopic (exact) mass is 1120 g/mol. The lowest BCUT2D eigenvalue weighted by molar-refractivity contribution is -0.373. The SMILES string of the molecule is C[C@@H]1O[C@@H](O[C@H]2[C@H](O[C@H]3CC[C@@]4(C)[C@@H](CC[C@]5(C)[C@@H]4CC=C4[C@@H]6CC(C)(C)CC[C@]6(C(=O)O[C@@H]6O[C@H](CO[C@@H]7O[C@H](CO)[C@@H](O)[C@H](O)[C@H]7O)[C@@H](O)[C@H](O)[C@H]6O)CC[C@]45C)[C@]3(C)CO)O[C@H](C(=O)O)[C@@H](O)[C@@H]2O)[C@H](O)[C@H](O)[C@H]1O. The van der Waals surface area contributed by atoms with Crippen LogP contribution in [0, 0.1) is 50.2 Å². The summed E-state index contributed by atoms with van der Waals surface area (Å²) in [7, 11) is 0. The van der Waals surface area contributed by atoms with Crippen molar-refractivity contribution in [2.75, 3.05) is 19.8 Å². The fraction of sp³-hybridized carbons (Fsp3) is 0.926. The zero-order valence-electron chi connectivity index (χ0n) is 45.5. The van der Waals surface area contributed by atoms with Crippen LogP contribution in [-0.2, 0) is 47.5 Å². The Kier molecular flexibility index (Phi) is 16.9. The first kappa shape index (κ1) is 60.5. The van der Waals surface area contributed by atoms with Crippen LogP contribution < -0.4 is 0 Å². The van der Waals surface area contributed by atoms with E-state index in [1.165, 1.54) is 6.92 Å². The van der Waals surface area contributed by atoms with Crippen LogP contribution in [-0.4, -0.2) is 232 Å². The summed E-state index contributed by atoms with van der Waals surface area (Å²) in [5, 5.41) is 150. The number of allylic oxidation sites excluding steroid dienone is 2. The van der Waals surface area contributed by atoms with E-state index >= 15 is 4.79 Å². The summed E-state index contributed by atoms with van der Waals surface area (Å²) < 4.78 is 47.3. The molecule has 4 saturated heterocycles. The van der Waals surface area contributed by atoms with Crippen LogP contribution in [0.5, 0.6) is 0 Å². The second kappa shape index (κ2) is 21.8. The van der Waals surface area contributed by atoms with Crippen LogP contribution in [0.25, 0.3) is 0 Å². The Hall–Kier alpha value is -2.12. The molecule has 9 rings (SSSR count). The van der Waals surface area contributed by atoms with E-state index in [0.29, 0.717) is 57.8 Å². The maximum Gasteiger partial charge on any atom is 0.335 e. The molecule has 4 aliphatic heterocycles. The molecule has 0 radical (unpaired) electrons. The Labute approximate surface area is 453 Å². The number of carbonyl (C=O) groups is 2. The lowest BCUT2D eigenvalue weighted by Crippen LogP contribution is -2.68. The molecule has 14 N–H and O–H groups in total. The van der Waals surface area contributed by atoms with Gasteiger partial charge < -0.3 is 109 Å². The largest absolute Gasteiger partial charge is 0.479 e. The molecule has 0 amide bonds. The molecule has 0 unspecified atom stereocenters. The average molecular weight is 1120 g/mol. The van der Waals surface area contributed by atoms with E-state index in [2.05, 4.69) is 40.7 Å². The van der Waals surface area contributed by atoms with Crippen LogP contribution in [0.3, 0.4) is 0 Å². The van der Waals surface area contributed by atoms with Crippen molar-refractivity contribution in [3.63, 3.8) is 0 Å². The summed E-state index contributed by atoms with van der Waals surface area (Å²) >= 11 is 0. The van der Waals surface area contributed by atoms with Crippen molar-refractivity contribution in [3.05, 3.63) is 11.6 Å². The first-order valence-electron chi connectivity index (χ1n) is 27.8. The number of hydrogen-bond donors (Lipinski definition) is 14. The Morgan fingerprint density at radius 1 is 0.615 bits per heavy atom. The van der Waals surface area contributed by atoms with Crippen molar-refractivity contribution < 1.29 is 119 Å². The molecule has 0 bridgehead atoms. The molecular weight excluding hydrogens is 1030 g/mol. The summed E-state index contributed by atoms with van der Waals surface area (Å²) in [4.78, 5) is 27.4. The highest BCUT2D eigenvalue weighted by Gasteiger charge is 2.71. The lowest BCUT2D eigenvalue weighted by Gasteiger charge is -2.71. The minimum absolute atomic E-state index is 0.0605.